The maximum absolute atomic E-state index is 13.5. The van der Waals surface area contributed by atoms with Gasteiger partial charge in [0.1, 0.15) is 5.69 Å². The first-order valence-corrected chi connectivity index (χ1v) is 13.5. The highest BCUT2D eigenvalue weighted by Gasteiger charge is 2.28. The number of aromatic nitrogens is 3. The van der Waals surface area contributed by atoms with E-state index in [0.29, 0.717) is 17.4 Å². The molecular formula is C28H29FN6O2S. The number of hydrogen-bond acceptors (Lipinski definition) is 6. The molecule has 1 fully saturated rings. The van der Waals surface area contributed by atoms with Crippen molar-refractivity contribution < 1.29 is 14.0 Å². The van der Waals surface area contributed by atoms with Crippen LogP contribution in [0, 0.1) is 11.9 Å². The summed E-state index contributed by atoms with van der Waals surface area (Å²) in [5.41, 5.74) is 3.95. The molecule has 8 nitrogen and oxygen atoms in total. The predicted octanol–water partition coefficient (Wildman–Crippen LogP) is 5.72. The lowest BCUT2D eigenvalue weighted by Crippen LogP contribution is -2.23. The lowest BCUT2D eigenvalue weighted by molar-refractivity contribution is -0.118. The van der Waals surface area contributed by atoms with E-state index >= 15 is 0 Å². The number of nitrogens with zero attached hydrogens (tertiary/aromatic N) is 4. The summed E-state index contributed by atoms with van der Waals surface area (Å²) in [6, 6.07) is 14.6. The molecule has 2 N–H and O–H groups in total. The van der Waals surface area contributed by atoms with Gasteiger partial charge in [-0.2, -0.15) is 4.39 Å². The SMILES string of the molecule is CC(C)C(=O)Nc1ccc(N2CCC[C@@H]2c2csc(NC(=O)c3cccn3Cc3ccnc(F)c3)n2)cc1. The maximum Gasteiger partial charge on any atom is 0.274 e. The molecule has 0 bridgehead atoms. The highest BCUT2D eigenvalue weighted by atomic mass is 32.1. The minimum atomic E-state index is -0.550. The fourth-order valence-electron chi connectivity index (χ4n) is 4.56. The molecule has 3 aromatic heterocycles. The third-order valence-corrected chi connectivity index (χ3v) is 7.31. The van der Waals surface area contributed by atoms with Crippen LogP contribution in [-0.2, 0) is 11.3 Å². The average Bonchev–Trinajstić information content (AvgIpc) is 3.65. The molecule has 1 aliphatic rings. The number of thiazole rings is 1. The summed E-state index contributed by atoms with van der Waals surface area (Å²) in [6.45, 7) is 5.00. The van der Waals surface area contributed by atoms with Crippen LogP contribution < -0.4 is 15.5 Å². The largest absolute Gasteiger partial charge is 0.363 e. The summed E-state index contributed by atoms with van der Waals surface area (Å²) < 4.78 is 15.2. The molecule has 38 heavy (non-hydrogen) atoms. The second-order valence-electron chi connectivity index (χ2n) is 9.58. The van der Waals surface area contributed by atoms with E-state index in [4.69, 9.17) is 4.98 Å². The van der Waals surface area contributed by atoms with E-state index < -0.39 is 5.95 Å². The van der Waals surface area contributed by atoms with Gasteiger partial charge in [-0.3, -0.25) is 14.9 Å². The number of rotatable bonds is 8. The van der Waals surface area contributed by atoms with Gasteiger partial charge in [-0.15, -0.1) is 11.3 Å². The third-order valence-electron chi connectivity index (χ3n) is 6.53. The first kappa shape index (κ1) is 25.6. The minimum absolute atomic E-state index is 0.00705. The van der Waals surface area contributed by atoms with E-state index in [1.54, 1.807) is 29.0 Å². The molecule has 1 atom stereocenters. The van der Waals surface area contributed by atoms with E-state index in [9.17, 15) is 14.0 Å². The molecule has 0 aliphatic carbocycles. The second-order valence-corrected chi connectivity index (χ2v) is 10.4. The van der Waals surface area contributed by atoms with Crippen molar-refractivity contribution in [2.45, 2.75) is 39.3 Å². The molecule has 0 unspecified atom stereocenters. The number of nitrogens with one attached hydrogen (secondary N) is 2. The summed E-state index contributed by atoms with van der Waals surface area (Å²) in [4.78, 5) is 35.6. The Bertz CT molecular complexity index is 1430. The number of amides is 2. The Labute approximate surface area is 224 Å². The van der Waals surface area contributed by atoms with Crippen molar-refractivity contribution >= 4 is 39.7 Å². The van der Waals surface area contributed by atoms with Crippen LogP contribution >= 0.6 is 11.3 Å². The number of halogens is 1. The van der Waals surface area contributed by atoms with Crippen LogP contribution in [0.25, 0.3) is 0 Å². The van der Waals surface area contributed by atoms with Crippen LogP contribution in [0.4, 0.5) is 20.9 Å². The minimum Gasteiger partial charge on any atom is -0.363 e. The van der Waals surface area contributed by atoms with Gasteiger partial charge < -0.3 is 14.8 Å². The van der Waals surface area contributed by atoms with E-state index in [2.05, 4.69) is 20.5 Å². The molecule has 4 heterocycles. The Balaban J connectivity index is 1.25. The molecular weight excluding hydrogens is 503 g/mol. The third kappa shape index (κ3) is 5.75. The van der Waals surface area contributed by atoms with Crippen LogP contribution in [0.5, 0.6) is 0 Å². The van der Waals surface area contributed by atoms with Crippen LogP contribution in [0.1, 0.15) is 54.5 Å². The molecule has 1 aliphatic heterocycles. The van der Waals surface area contributed by atoms with Gasteiger partial charge in [0.2, 0.25) is 11.9 Å². The predicted molar refractivity (Wildman–Crippen MR) is 147 cm³/mol. The van der Waals surface area contributed by atoms with Gasteiger partial charge in [-0.25, -0.2) is 9.97 Å². The van der Waals surface area contributed by atoms with Gasteiger partial charge >= 0.3 is 0 Å². The smallest absolute Gasteiger partial charge is 0.274 e. The second kappa shape index (κ2) is 11.1. The Morgan fingerprint density at radius 2 is 1.97 bits per heavy atom. The molecule has 1 aromatic carbocycles. The van der Waals surface area contributed by atoms with Crippen molar-refractivity contribution in [3.8, 4) is 0 Å². The quantitative estimate of drug-likeness (QED) is 0.284. The molecule has 196 valence electrons. The first-order chi connectivity index (χ1) is 18.4. The molecule has 0 saturated carbocycles. The monoisotopic (exact) mass is 532 g/mol. The fraction of sp³-hybridized carbons (Fsp3) is 0.286. The first-order valence-electron chi connectivity index (χ1n) is 12.6. The van der Waals surface area contributed by atoms with Crippen molar-refractivity contribution in [1.29, 1.82) is 0 Å². The molecule has 1 saturated heterocycles. The zero-order valence-electron chi connectivity index (χ0n) is 21.2. The van der Waals surface area contributed by atoms with E-state index in [1.165, 1.54) is 23.6 Å². The number of carbonyl (C=O) groups excluding carboxylic acids is 2. The van der Waals surface area contributed by atoms with Crippen molar-refractivity contribution in [2.24, 2.45) is 5.92 Å². The zero-order chi connectivity index (χ0) is 26.6. The number of hydrogen-bond donors (Lipinski definition) is 2. The molecule has 4 aromatic rings. The summed E-state index contributed by atoms with van der Waals surface area (Å²) in [7, 11) is 0. The molecule has 2 amide bonds. The normalized spacial score (nSPS) is 15.2. The Morgan fingerprint density at radius 3 is 2.74 bits per heavy atom. The molecule has 5 rings (SSSR count). The van der Waals surface area contributed by atoms with Crippen molar-refractivity contribution in [2.75, 3.05) is 22.1 Å². The van der Waals surface area contributed by atoms with Crippen LogP contribution in [-0.4, -0.2) is 32.9 Å². The summed E-state index contributed by atoms with van der Waals surface area (Å²) in [6.07, 6.45) is 5.21. The maximum atomic E-state index is 13.5. The Morgan fingerprint density at radius 1 is 1.16 bits per heavy atom. The summed E-state index contributed by atoms with van der Waals surface area (Å²) >= 11 is 1.40. The Hall–Kier alpha value is -4.05. The van der Waals surface area contributed by atoms with Gasteiger partial charge in [-0.05, 0) is 66.9 Å². The van der Waals surface area contributed by atoms with Gasteiger partial charge in [-0.1, -0.05) is 13.8 Å². The number of carbonyl (C=O) groups is 2. The van der Waals surface area contributed by atoms with Crippen molar-refractivity contribution in [3.05, 3.63) is 89.2 Å². The van der Waals surface area contributed by atoms with E-state index in [-0.39, 0.29) is 23.8 Å². The zero-order valence-corrected chi connectivity index (χ0v) is 22.0. The van der Waals surface area contributed by atoms with Gasteiger partial charge in [0, 0.05) is 48.2 Å². The fourth-order valence-corrected chi connectivity index (χ4v) is 5.31. The molecule has 0 spiro atoms. The average molecular weight is 533 g/mol. The van der Waals surface area contributed by atoms with Crippen LogP contribution in [0.3, 0.4) is 0 Å². The lowest BCUT2D eigenvalue weighted by Gasteiger charge is -2.26. The highest BCUT2D eigenvalue weighted by Crippen LogP contribution is 2.37. The standard InChI is InChI=1S/C28H29FN6O2S/c1-18(2)26(36)31-20-7-9-21(10-8-20)35-14-4-5-23(35)22-17-38-28(32-22)33-27(37)24-6-3-13-34(24)16-19-11-12-30-25(29)15-19/h3,6-13,15,17-18,23H,4-5,14,16H2,1-2H3,(H,31,36)(H,32,33,37)/t23-/m1/s1. The van der Waals surface area contributed by atoms with Gasteiger partial charge in [0.15, 0.2) is 5.13 Å². The van der Waals surface area contributed by atoms with E-state index in [0.717, 1.165) is 42.0 Å². The highest BCUT2D eigenvalue weighted by molar-refractivity contribution is 7.14. The van der Waals surface area contributed by atoms with Gasteiger partial charge in [0.05, 0.1) is 11.7 Å². The van der Waals surface area contributed by atoms with E-state index in [1.807, 2.05) is 43.5 Å². The van der Waals surface area contributed by atoms with Crippen molar-refractivity contribution in [3.63, 3.8) is 0 Å². The number of pyridine rings is 1. The van der Waals surface area contributed by atoms with Crippen LogP contribution in [0.15, 0.2) is 66.3 Å². The lowest BCUT2D eigenvalue weighted by atomic mass is 10.1. The van der Waals surface area contributed by atoms with Crippen LogP contribution in [0.2, 0.25) is 0 Å². The molecule has 10 heteroatoms. The number of benzene rings is 1. The van der Waals surface area contributed by atoms with Gasteiger partial charge in [0.25, 0.3) is 5.91 Å². The molecule has 0 radical (unpaired) electrons. The Kier molecular flexibility index (Phi) is 7.50. The topological polar surface area (TPSA) is 92.2 Å². The number of anilines is 3. The summed E-state index contributed by atoms with van der Waals surface area (Å²) in [5, 5.41) is 8.37. The van der Waals surface area contributed by atoms with Crippen molar-refractivity contribution in [1.82, 2.24) is 14.5 Å². The summed E-state index contributed by atoms with van der Waals surface area (Å²) in [5.74, 6) is -0.904.